The van der Waals surface area contributed by atoms with Crippen molar-refractivity contribution in [1.29, 1.82) is 0 Å². The molecular weight excluding hydrogens is 537 g/mol. The maximum Gasteiger partial charge on any atom is 0.0207 e. The highest BCUT2D eigenvalue weighted by Gasteiger charge is 2.23. The van der Waals surface area contributed by atoms with Gasteiger partial charge in [0.15, 0.2) is 0 Å². The zero-order valence-electron chi connectivity index (χ0n) is 23.4. The van der Waals surface area contributed by atoms with E-state index in [2.05, 4.69) is 158 Å². The van der Waals surface area contributed by atoms with E-state index in [1.54, 1.807) is 0 Å². The summed E-state index contributed by atoms with van der Waals surface area (Å²) in [7, 11) is 0. The van der Waals surface area contributed by atoms with E-state index in [0.29, 0.717) is 0 Å². The Bertz CT molecular complexity index is 2310. The summed E-state index contributed by atoms with van der Waals surface area (Å²) >= 11 is 1.89. The van der Waals surface area contributed by atoms with Crippen LogP contribution in [0, 0.1) is 0 Å². The molecule has 1 aliphatic rings. The highest BCUT2D eigenvalue weighted by molar-refractivity contribution is 7.99. The van der Waals surface area contributed by atoms with Crippen LogP contribution in [0.25, 0.3) is 76.8 Å². The van der Waals surface area contributed by atoms with Crippen molar-refractivity contribution in [2.45, 2.75) is 9.79 Å². The molecule has 0 nitrogen and oxygen atoms in total. The second-order valence-corrected chi connectivity index (χ2v) is 12.3. The SMILES string of the molecule is c1ccc(-c2cccc(-c3c4ccccc4c(-c4ccc5c6c(cccc46)Sc4ccccc4-5)c4ccccc34)c2)cc1. The van der Waals surface area contributed by atoms with Crippen molar-refractivity contribution < 1.29 is 0 Å². The van der Waals surface area contributed by atoms with Crippen LogP contribution in [-0.2, 0) is 0 Å². The second kappa shape index (κ2) is 9.73. The molecule has 9 rings (SSSR count). The monoisotopic (exact) mass is 562 g/mol. The highest BCUT2D eigenvalue weighted by atomic mass is 32.2. The summed E-state index contributed by atoms with van der Waals surface area (Å²) in [6.07, 6.45) is 0. The van der Waals surface area contributed by atoms with E-state index in [0.717, 1.165) is 0 Å². The molecule has 0 amide bonds. The summed E-state index contributed by atoms with van der Waals surface area (Å²) < 4.78 is 0. The summed E-state index contributed by atoms with van der Waals surface area (Å²) in [6.45, 7) is 0. The predicted molar refractivity (Wildman–Crippen MR) is 185 cm³/mol. The van der Waals surface area contributed by atoms with Gasteiger partial charge in [-0.05, 0) is 89.6 Å². The number of benzene rings is 8. The van der Waals surface area contributed by atoms with Crippen molar-refractivity contribution in [2.75, 3.05) is 0 Å². The van der Waals surface area contributed by atoms with Crippen molar-refractivity contribution >= 4 is 44.1 Å². The molecule has 0 atom stereocenters. The van der Waals surface area contributed by atoms with Gasteiger partial charge < -0.3 is 0 Å². The van der Waals surface area contributed by atoms with E-state index in [4.69, 9.17) is 0 Å². The molecule has 1 heterocycles. The topological polar surface area (TPSA) is 0 Å². The van der Waals surface area contributed by atoms with E-state index >= 15 is 0 Å². The van der Waals surface area contributed by atoms with Crippen molar-refractivity contribution in [1.82, 2.24) is 0 Å². The Balaban J connectivity index is 1.36. The van der Waals surface area contributed by atoms with Gasteiger partial charge in [-0.1, -0.05) is 151 Å². The molecule has 0 aliphatic carbocycles. The fourth-order valence-corrected chi connectivity index (χ4v) is 8.15. The summed E-state index contributed by atoms with van der Waals surface area (Å²) in [4.78, 5) is 2.66. The third-order valence-corrected chi connectivity index (χ3v) is 9.99. The first kappa shape index (κ1) is 24.5. The van der Waals surface area contributed by atoms with E-state index in [1.807, 2.05) is 11.8 Å². The summed E-state index contributed by atoms with van der Waals surface area (Å²) in [5.74, 6) is 0. The molecule has 200 valence electrons. The minimum Gasteiger partial charge on any atom is -0.0888 e. The highest BCUT2D eigenvalue weighted by Crippen LogP contribution is 2.51. The smallest absolute Gasteiger partial charge is 0.0207 e. The van der Waals surface area contributed by atoms with Gasteiger partial charge >= 0.3 is 0 Å². The van der Waals surface area contributed by atoms with Gasteiger partial charge in [0.05, 0.1) is 0 Å². The van der Waals surface area contributed by atoms with Crippen molar-refractivity contribution in [3.05, 3.63) is 158 Å². The number of hydrogen-bond acceptors (Lipinski definition) is 1. The van der Waals surface area contributed by atoms with Gasteiger partial charge in [-0.3, -0.25) is 0 Å². The lowest BCUT2D eigenvalue weighted by Crippen LogP contribution is -1.95. The Hall–Kier alpha value is -5.11. The minimum atomic E-state index is 1.23. The predicted octanol–water partition coefficient (Wildman–Crippen LogP) is 12.3. The molecular formula is C42H26S. The van der Waals surface area contributed by atoms with Crippen LogP contribution in [0.2, 0.25) is 0 Å². The first-order valence-corrected chi connectivity index (χ1v) is 15.6. The van der Waals surface area contributed by atoms with Gasteiger partial charge in [-0.15, -0.1) is 0 Å². The van der Waals surface area contributed by atoms with E-state index in [9.17, 15) is 0 Å². The second-order valence-electron chi connectivity index (χ2n) is 11.2. The first-order valence-electron chi connectivity index (χ1n) is 14.8. The van der Waals surface area contributed by atoms with Crippen LogP contribution in [0.4, 0.5) is 0 Å². The Labute approximate surface area is 255 Å². The van der Waals surface area contributed by atoms with Gasteiger partial charge in [-0.25, -0.2) is 0 Å². The Morgan fingerprint density at radius 2 is 0.837 bits per heavy atom. The van der Waals surface area contributed by atoms with Crippen molar-refractivity contribution in [3.8, 4) is 44.5 Å². The van der Waals surface area contributed by atoms with Crippen LogP contribution in [0.1, 0.15) is 0 Å². The largest absolute Gasteiger partial charge is 0.0888 e. The fourth-order valence-electron chi connectivity index (χ4n) is 7.01. The van der Waals surface area contributed by atoms with Crippen LogP contribution in [0.15, 0.2) is 168 Å². The number of rotatable bonds is 3. The number of fused-ring (bicyclic) bond motifs is 4. The van der Waals surface area contributed by atoms with E-state index < -0.39 is 0 Å². The average Bonchev–Trinajstić information content (AvgIpc) is 3.08. The molecule has 1 aliphatic heterocycles. The number of hydrogen-bond donors (Lipinski definition) is 0. The Kier molecular flexibility index (Phi) is 5.54. The van der Waals surface area contributed by atoms with Gasteiger partial charge in [0.25, 0.3) is 0 Å². The molecule has 0 saturated heterocycles. The van der Waals surface area contributed by atoms with Crippen LogP contribution < -0.4 is 0 Å². The quantitative estimate of drug-likeness (QED) is 0.193. The van der Waals surface area contributed by atoms with Gasteiger partial charge in [0.2, 0.25) is 0 Å². The Morgan fingerprint density at radius 3 is 1.60 bits per heavy atom. The molecule has 0 radical (unpaired) electrons. The summed E-state index contributed by atoms with van der Waals surface area (Å²) in [6, 6.07) is 57.9. The molecule has 1 heteroatoms. The van der Waals surface area contributed by atoms with Gasteiger partial charge in [-0.2, -0.15) is 0 Å². The third kappa shape index (κ3) is 3.79. The van der Waals surface area contributed by atoms with Crippen LogP contribution in [-0.4, -0.2) is 0 Å². The lowest BCUT2D eigenvalue weighted by atomic mass is 9.83. The lowest BCUT2D eigenvalue weighted by molar-refractivity contribution is 1.40. The standard InChI is InChI=1S/C42H26S/c1-2-12-27(13-3-1)28-14-10-15-29(26-28)40-31-17-4-6-19-33(31)41(34-20-7-5-18-32(34)40)37-25-24-36-30-16-8-9-22-38(30)43-39-23-11-21-35(37)42(36)39/h1-26H. The Morgan fingerprint density at radius 1 is 0.302 bits per heavy atom. The zero-order valence-corrected chi connectivity index (χ0v) is 24.2. The summed E-state index contributed by atoms with van der Waals surface area (Å²) in [5, 5.41) is 7.79. The average molecular weight is 563 g/mol. The molecule has 0 bridgehead atoms. The lowest BCUT2D eigenvalue weighted by Gasteiger charge is -2.23. The molecule has 0 spiro atoms. The molecule has 43 heavy (non-hydrogen) atoms. The molecule has 0 fully saturated rings. The molecule has 8 aromatic rings. The molecule has 0 N–H and O–H groups in total. The van der Waals surface area contributed by atoms with E-state index in [-0.39, 0.29) is 0 Å². The first-order chi connectivity index (χ1) is 21.3. The van der Waals surface area contributed by atoms with Crippen molar-refractivity contribution in [3.63, 3.8) is 0 Å². The van der Waals surface area contributed by atoms with E-state index in [1.165, 1.54) is 86.6 Å². The van der Waals surface area contributed by atoms with Gasteiger partial charge in [0, 0.05) is 15.2 Å². The zero-order chi connectivity index (χ0) is 28.3. The van der Waals surface area contributed by atoms with Crippen LogP contribution in [0.3, 0.4) is 0 Å². The maximum atomic E-state index is 2.36. The molecule has 8 aromatic carbocycles. The maximum absolute atomic E-state index is 2.36. The van der Waals surface area contributed by atoms with Crippen LogP contribution >= 0.6 is 11.8 Å². The molecule has 0 unspecified atom stereocenters. The van der Waals surface area contributed by atoms with Crippen LogP contribution in [0.5, 0.6) is 0 Å². The van der Waals surface area contributed by atoms with Gasteiger partial charge in [0.1, 0.15) is 0 Å². The molecule has 0 aromatic heterocycles. The normalized spacial score (nSPS) is 12.1. The molecule has 0 saturated carbocycles. The fraction of sp³-hybridized carbons (Fsp3) is 0. The minimum absolute atomic E-state index is 1.23. The third-order valence-electron chi connectivity index (χ3n) is 8.86. The van der Waals surface area contributed by atoms with Crippen molar-refractivity contribution in [2.24, 2.45) is 0 Å². The summed E-state index contributed by atoms with van der Waals surface area (Å²) in [5.41, 5.74) is 10.2.